The third-order valence-corrected chi connectivity index (χ3v) is 6.19. The Morgan fingerprint density at radius 3 is 2.37 bits per heavy atom. The number of carbonyl (C=O) groups excluding carboxylic acids is 2. The zero-order valence-electron chi connectivity index (χ0n) is 17.4. The van der Waals surface area contributed by atoms with Crippen molar-refractivity contribution in [3.05, 3.63) is 69.9 Å². The summed E-state index contributed by atoms with van der Waals surface area (Å²) < 4.78 is 14.0. The van der Waals surface area contributed by atoms with E-state index in [1.807, 2.05) is 24.3 Å². The largest absolute Gasteiger partial charge is 0.354 e. The van der Waals surface area contributed by atoms with E-state index in [-0.39, 0.29) is 23.4 Å². The molecule has 0 saturated heterocycles. The molecule has 0 aromatic heterocycles. The van der Waals surface area contributed by atoms with Crippen molar-refractivity contribution in [1.29, 1.82) is 0 Å². The second-order valence-electron chi connectivity index (χ2n) is 7.09. The van der Waals surface area contributed by atoms with Gasteiger partial charge in [0.25, 0.3) is 0 Å². The van der Waals surface area contributed by atoms with Gasteiger partial charge in [-0.25, -0.2) is 4.39 Å². The Kier molecular flexibility index (Phi) is 10.4. The first-order valence-electron chi connectivity index (χ1n) is 10.0. The number of rotatable bonds is 11. The van der Waals surface area contributed by atoms with Gasteiger partial charge in [0.05, 0.1) is 5.75 Å². The van der Waals surface area contributed by atoms with Gasteiger partial charge >= 0.3 is 0 Å². The maximum Gasteiger partial charge on any atom is 0.242 e. The fourth-order valence-corrected chi connectivity index (χ4v) is 3.96. The summed E-state index contributed by atoms with van der Waals surface area (Å²) in [6.45, 7) is 4.81. The molecule has 4 nitrogen and oxygen atoms in total. The lowest BCUT2D eigenvalue weighted by atomic mass is 10.1. The number of benzene rings is 2. The van der Waals surface area contributed by atoms with Gasteiger partial charge in [-0.05, 0) is 48.7 Å². The Morgan fingerprint density at radius 2 is 1.73 bits per heavy atom. The first kappa shape index (κ1) is 24.4. The predicted molar refractivity (Wildman–Crippen MR) is 125 cm³/mol. The fourth-order valence-electron chi connectivity index (χ4n) is 2.82. The molecule has 2 aromatic carbocycles. The molecule has 0 heterocycles. The standard InChI is InChI=1S/C23H28BrFN2O2S/c1-3-4-13-26-23(29)17(2)27(14-18-5-9-20(24)10-6-18)22(28)16-30-15-19-7-11-21(25)12-8-19/h5-12,17H,3-4,13-16H2,1-2H3,(H,26,29)/t17-/m1/s1. The van der Waals surface area contributed by atoms with Crippen molar-refractivity contribution in [3.63, 3.8) is 0 Å². The van der Waals surface area contributed by atoms with Crippen LogP contribution in [0.2, 0.25) is 0 Å². The predicted octanol–water partition coefficient (Wildman–Crippen LogP) is 5.16. The zero-order valence-corrected chi connectivity index (χ0v) is 19.8. The van der Waals surface area contributed by atoms with E-state index < -0.39 is 6.04 Å². The van der Waals surface area contributed by atoms with E-state index in [2.05, 4.69) is 28.2 Å². The maximum absolute atomic E-state index is 13.0. The Hall–Kier alpha value is -1.86. The molecular weight excluding hydrogens is 467 g/mol. The van der Waals surface area contributed by atoms with Crippen LogP contribution in [0.1, 0.15) is 37.8 Å². The topological polar surface area (TPSA) is 49.4 Å². The lowest BCUT2D eigenvalue weighted by Gasteiger charge is -2.29. The minimum atomic E-state index is -0.565. The highest BCUT2D eigenvalue weighted by Gasteiger charge is 2.25. The van der Waals surface area contributed by atoms with Gasteiger partial charge in [-0.3, -0.25) is 9.59 Å². The molecule has 0 aliphatic carbocycles. The van der Waals surface area contributed by atoms with Gasteiger partial charge in [0.15, 0.2) is 0 Å². The van der Waals surface area contributed by atoms with Crippen molar-refractivity contribution in [2.75, 3.05) is 12.3 Å². The minimum Gasteiger partial charge on any atom is -0.354 e. The first-order chi connectivity index (χ1) is 14.4. The molecule has 7 heteroatoms. The Bertz CT molecular complexity index is 815. The van der Waals surface area contributed by atoms with Gasteiger partial charge in [0.2, 0.25) is 11.8 Å². The smallest absolute Gasteiger partial charge is 0.242 e. The van der Waals surface area contributed by atoms with Crippen LogP contribution in [-0.2, 0) is 21.9 Å². The summed E-state index contributed by atoms with van der Waals surface area (Å²) in [5, 5.41) is 2.92. The molecule has 2 rings (SSSR count). The van der Waals surface area contributed by atoms with Gasteiger partial charge in [0, 0.05) is 23.3 Å². The average molecular weight is 495 g/mol. The Morgan fingerprint density at radius 1 is 1.10 bits per heavy atom. The van der Waals surface area contributed by atoms with Crippen LogP contribution in [0.5, 0.6) is 0 Å². The first-order valence-corrected chi connectivity index (χ1v) is 12.0. The lowest BCUT2D eigenvalue weighted by molar-refractivity contribution is -0.138. The number of carbonyl (C=O) groups is 2. The Balaban J connectivity index is 2.02. The van der Waals surface area contributed by atoms with E-state index in [0.717, 1.165) is 28.4 Å². The molecule has 2 aromatic rings. The molecule has 30 heavy (non-hydrogen) atoms. The number of hydrogen-bond acceptors (Lipinski definition) is 3. The minimum absolute atomic E-state index is 0.0943. The summed E-state index contributed by atoms with van der Waals surface area (Å²) >= 11 is 4.88. The number of amides is 2. The Labute approximate surface area is 190 Å². The molecule has 162 valence electrons. The molecule has 0 aliphatic heterocycles. The van der Waals surface area contributed by atoms with E-state index in [9.17, 15) is 14.0 Å². The van der Waals surface area contributed by atoms with Crippen molar-refractivity contribution in [2.24, 2.45) is 0 Å². The van der Waals surface area contributed by atoms with E-state index >= 15 is 0 Å². The lowest BCUT2D eigenvalue weighted by Crippen LogP contribution is -2.48. The average Bonchev–Trinajstić information content (AvgIpc) is 2.74. The molecule has 2 amide bonds. The van der Waals surface area contributed by atoms with Crippen molar-refractivity contribution < 1.29 is 14.0 Å². The molecule has 0 radical (unpaired) electrons. The van der Waals surface area contributed by atoms with Crippen molar-refractivity contribution in [3.8, 4) is 0 Å². The van der Waals surface area contributed by atoms with E-state index in [4.69, 9.17) is 0 Å². The maximum atomic E-state index is 13.0. The SMILES string of the molecule is CCCCNC(=O)[C@@H](C)N(Cc1ccc(Br)cc1)C(=O)CSCc1ccc(F)cc1. The molecule has 0 saturated carbocycles. The van der Waals surface area contributed by atoms with Gasteiger partial charge in [-0.1, -0.05) is 53.5 Å². The molecule has 0 unspecified atom stereocenters. The normalized spacial score (nSPS) is 11.7. The van der Waals surface area contributed by atoms with Gasteiger partial charge < -0.3 is 10.2 Å². The fraction of sp³-hybridized carbons (Fsp3) is 0.391. The summed E-state index contributed by atoms with van der Waals surface area (Å²) in [6, 6.07) is 13.4. The number of nitrogens with zero attached hydrogens (tertiary/aromatic N) is 1. The number of hydrogen-bond donors (Lipinski definition) is 1. The third kappa shape index (κ3) is 8.11. The second kappa shape index (κ2) is 12.7. The molecule has 0 fully saturated rings. The molecule has 1 N–H and O–H groups in total. The zero-order chi connectivity index (χ0) is 21.9. The highest BCUT2D eigenvalue weighted by Crippen LogP contribution is 2.17. The van der Waals surface area contributed by atoms with E-state index in [0.29, 0.717) is 18.8 Å². The van der Waals surface area contributed by atoms with Gasteiger partial charge in [-0.15, -0.1) is 11.8 Å². The highest BCUT2D eigenvalue weighted by atomic mass is 79.9. The summed E-state index contributed by atoms with van der Waals surface area (Å²) in [5.41, 5.74) is 1.92. The van der Waals surface area contributed by atoms with Crippen molar-refractivity contribution in [1.82, 2.24) is 10.2 Å². The monoisotopic (exact) mass is 494 g/mol. The summed E-state index contributed by atoms with van der Waals surface area (Å²) in [6.07, 6.45) is 1.91. The van der Waals surface area contributed by atoms with Crippen LogP contribution in [-0.4, -0.2) is 35.1 Å². The molecule has 0 spiro atoms. The van der Waals surface area contributed by atoms with Crippen LogP contribution >= 0.6 is 27.7 Å². The third-order valence-electron chi connectivity index (χ3n) is 4.67. The summed E-state index contributed by atoms with van der Waals surface area (Å²) in [7, 11) is 0. The summed E-state index contributed by atoms with van der Waals surface area (Å²) in [4.78, 5) is 27.2. The second-order valence-corrected chi connectivity index (χ2v) is 8.99. The number of nitrogens with one attached hydrogen (secondary N) is 1. The molecule has 1 atom stereocenters. The van der Waals surface area contributed by atoms with Crippen LogP contribution in [0.15, 0.2) is 53.0 Å². The van der Waals surface area contributed by atoms with Crippen molar-refractivity contribution >= 4 is 39.5 Å². The molecule has 0 aliphatic rings. The number of unbranched alkanes of at least 4 members (excludes halogenated alkanes) is 1. The van der Waals surface area contributed by atoms with E-state index in [1.165, 1.54) is 23.9 Å². The number of halogens is 2. The quantitative estimate of drug-likeness (QED) is 0.439. The van der Waals surface area contributed by atoms with E-state index in [1.54, 1.807) is 24.0 Å². The van der Waals surface area contributed by atoms with Crippen LogP contribution in [0.4, 0.5) is 4.39 Å². The van der Waals surface area contributed by atoms with Crippen LogP contribution in [0.3, 0.4) is 0 Å². The molecular formula is C23H28BrFN2O2S. The van der Waals surface area contributed by atoms with Crippen LogP contribution < -0.4 is 5.32 Å². The van der Waals surface area contributed by atoms with Crippen molar-refractivity contribution in [2.45, 2.75) is 45.0 Å². The van der Waals surface area contributed by atoms with Crippen LogP contribution in [0, 0.1) is 5.82 Å². The van der Waals surface area contributed by atoms with Gasteiger partial charge in [0.1, 0.15) is 11.9 Å². The summed E-state index contributed by atoms with van der Waals surface area (Å²) in [5.74, 6) is 0.347. The van der Waals surface area contributed by atoms with Gasteiger partial charge in [-0.2, -0.15) is 0 Å². The molecule has 0 bridgehead atoms. The highest BCUT2D eigenvalue weighted by molar-refractivity contribution is 9.10. The van der Waals surface area contributed by atoms with Crippen LogP contribution in [0.25, 0.3) is 0 Å². The number of thioether (sulfide) groups is 1.